The Hall–Kier alpha value is -0.960. The molecule has 2 rings (SSSR count). The predicted octanol–water partition coefficient (Wildman–Crippen LogP) is 1.55. The van der Waals surface area contributed by atoms with Gasteiger partial charge in [-0.1, -0.05) is 26.0 Å². The van der Waals surface area contributed by atoms with Gasteiger partial charge < -0.3 is 4.90 Å². The van der Waals surface area contributed by atoms with Gasteiger partial charge in [-0.3, -0.25) is 0 Å². The fraction of sp³-hybridized carbons (Fsp3) is 0.647. The van der Waals surface area contributed by atoms with Gasteiger partial charge in [0.15, 0.2) is 9.84 Å². The topological polar surface area (TPSA) is 74.8 Å². The molecule has 0 saturated carbocycles. The van der Waals surface area contributed by atoms with Crippen LogP contribution < -0.4 is 0 Å². The van der Waals surface area contributed by atoms with Crippen LogP contribution in [0.2, 0.25) is 0 Å². The molecule has 8 heteroatoms. The van der Waals surface area contributed by atoms with E-state index in [0.717, 1.165) is 5.56 Å². The highest BCUT2D eigenvalue weighted by Crippen LogP contribution is 2.26. The second-order valence-corrected chi connectivity index (χ2v) is 11.3. The highest BCUT2D eigenvalue weighted by molar-refractivity contribution is 7.92. The summed E-state index contributed by atoms with van der Waals surface area (Å²) < 4.78 is 51.3. The lowest BCUT2D eigenvalue weighted by molar-refractivity contribution is 0.293. The van der Waals surface area contributed by atoms with Crippen LogP contribution in [0.1, 0.15) is 31.7 Å². The minimum Gasteiger partial charge on any atom is -0.308 e. The number of benzene rings is 1. The highest BCUT2D eigenvalue weighted by Gasteiger charge is 2.38. The van der Waals surface area contributed by atoms with E-state index in [1.54, 1.807) is 12.1 Å². The van der Waals surface area contributed by atoms with E-state index < -0.39 is 25.9 Å². The lowest BCUT2D eigenvalue weighted by atomic mass is 10.0. The molecule has 0 amide bonds. The van der Waals surface area contributed by atoms with Gasteiger partial charge in [-0.15, -0.1) is 0 Å². The molecule has 0 aromatic heterocycles. The summed E-state index contributed by atoms with van der Waals surface area (Å²) in [6, 6.07) is 6.41. The molecule has 25 heavy (non-hydrogen) atoms. The van der Waals surface area contributed by atoms with Crippen LogP contribution in [0.15, 0.2) is 29.2 Å². The SMILES string of the molecule is CC(C)c1ccc(S(=O)(=O)N(CCN(C)C)[C@H]2CCS(=O)(=O)C2)cc1. The standard InChI is InChI=1S/C17H28N2O4S2/c1-14(2)15-5-7-17(8-6-15)25(22,23)19(11-10-18(3)4)16-9-12-24(20,21)13-16/h5-8,14,16H,9-13H2,1-4H3/t16-/m0/s1. The number of rotatable bonds is 7. The lowest BCUT2D eigenvalue weighted by Crippen LogP contribution is -2.44. The third-order valence-corrected chi connectivity index (χ3v) is 8.25. The molecule has 0 spiro atoms. The van der Waals surface area contributed by atoms with Gasteiger partial charge in [0.2, 0.25) is 10.0 Å². The molecular weight excluding hydrogens is 360 g/mol. The van der Waals surface area contributed by atoms with Crippen LogP contribution in [-0.4, -0.2) is 70.8 Å². The van der Waals surface area contributed by atoms with Gasteiger partial charge in [0.25, 0.3) is 0 Å². The van der Waals surface area contributed by atoms with Crippen LogP contribution in [0, 0.1) is 0 Å². The predicted molar refractivity (Wildman–Crippen MR) is 100 cm³/mol. The molecule has 0 bridgehead atoms. The Morgan fingerprint density at radius 2 is 1.72 bits per heavy atom. The Morgan fingerprint density at radius 3 is 2.16 bits per heavy atom. The van der Waals surface area contributed by atoms with Crippen molar-refractivity contribution in [3.8, 4) is 0 Å². The van der Waals surface area contributed by atoms with Crippen molar-refractivity contribution >= 4 is 19.9 Å². The van der Waals surface area contributed by atoms with Crippen molar-refractivity contribution in [1.29, 1.82) is 0 Å². The Morgan fingerprint density at radius 1 is 1.12 bits per heavy atom. The molecule has 1 aromatic rings. The Labute approximate surface area is 151 Å². The summed E-state index contributed by atoms with van der Waals surface area (Å²) in [5.74, 6) is 0.281. The Balaban J connectivity index is 2.33. The van der Waals surface area contributed by atoms with Crippen molar-refractivity contribution < 1.29 is 16.8 Å². The molecule has 1 saturated heterocycles. The van der Waals surface area contributed by atoms with Crippen LogP contribution in [0.4, 0.5) is 0 Å². The maximum atomic E-state index is 13.1. The summed E-state index contributed by atoms with van der Waals surface area (Å²) in [7, 11) is -3.15. The second kappa shape index (κ2) is 7.73. The third kappa shape index (κ3) is 5.03. The molecule has 6 nitrogen and oxygen atoms in total. The number of hydrogen-bond donors (Lipinski definition) is 0. The molecule has 1 aliphatic heterocycles. The second-order valence-electron chi connectivity index (χ2n) is 7.20. The van der Waals surface area contributed by atoms with E-state index in [-0.39, 0.29) is 22.9 Å². The first kappa shape index (κ1) is 20.4. The van der Waals surface area contributed by atoms with Crippen LogP contribution in [-0.2, 0) is 19.9 Å². The van der Waals surface area contributed by atoms with E-state index in [1.807, 2.05) is 31.1 Å². The van der Waals surface area contributed by atoms with Gasteiger partial charge in [0.1, 0.15) is 0 Å². The molecule has 0 unspecified atom stereocenters. The molecule has 142 valence electrons. The van der Waals surface area contributed by atoms with Gasteiger partial charge in [0, 0.05) is 19.1 Å². The van der Waals surface area contributed by atoms with E-state index in [4.69, 9.17) is 0 Å². The van der Waals surface area contributed by atoms with Gasteiger partial charge in [-0.25, -0.2) is 16.8 Å². The maximum absolute atomic E-state index is 13.1. The van der Waals surface area contributed by atoms with E-state index in [0.29, 0.717) is 18.9 Å². The first-order valence-corrected chi connectivity index (χ1v) is 11.8. The van der Waals surface area contributed by atoms with Gasteiger partial charge >= 0.3 is 0 Å². The first-order chi connectivity index (χ1) is 11.5. The fourth-order valence-electron chi connectivity index (χ4n) is 2.96. The fourth-order valence-corrected chi connectivity index (χ4v) is 6.43. The highest BCUT2D eigenvalue weighted by atomic mass is 32.2. The number of nitrogens with zero attached hydrogens (tertiary/aromatic N) is 2. The molecule has 1 aromatic carbocycles. The lowest BCUT2D eigenvalue weighted by Gasteiger charge is -2.28. The third-order valence-electron chi connectivity index (χ3n) is 4.54. The van der Waals surface area contributed by atoms with Crippen molar-refractivity contribution in [2.45, 2.75) is 37.1 Å². The molecule has 0 aliphatic carbocycles. The zero-order valence-corrected chi connectivity index (χ0v) is 17.0. The van der Waals surface area contributed by atoms with Crippen LogP contribution >= 0.6 is 0 Å². The van der Waals surface area contributed by atoms with Crippen molar-refractivity contribution in [3.05, 3.63) is 29.8 Å². The monoisotopic (exact) mass is 388 g/mol. The summed E-state index contributed by atoms with van der Waals surface area (Å²) in [5, 5.41) is 0. The maximum Gasteiger partial charge on any atom is 0.243 e. The van der Waals surface area contributed by atoms with Crippen molar-refractivity contribution in [3.63, 3.8) is 0 Å². The molecule has 0 radical (unpaired) electrons. The largest absolute Gasteiger partial charge is 0.308 e. The van der Waals surface area contributed by atoms with E-state index in [1.165, 1.54) is 4.31 Å². The van der Waals surface area contributed by atoms with Gasteiger partial charge in [0.05, 0.1) is 16.4 Å². The quantitative estimate of drug-likeness (QED) is 0.708. The Bertz CT molecular complexity index is 784. The zero-order valence-electron chi connectivity index (χ0n) is 15.3. The summed E-state index contributed by atoms with van der Waals surface area (Å²) in [6.07, 6.45) is 0.360. The van der Waals surface area contributed by atoms with Crippen molar-refractivity contribution in [2.24, 2.45) is 0 Å². The molecule has 0 N–H and O–H groups in total. The zero-order chi connectivity index (χ0) is 18.8. The molecule has 1 heterocycles. The van der Waals surface area contributed by atoms with E-state index in [2.05, 4.69) is 13.8 Å². The number of likely N-dealkylation sites (N-methyl/N-ethyl adjacent to an activating group) is 1. The summed E-state index contributed by atoms with van der Waals surface area (Å²) in [4.78, 5) is 2.12. The molecule has 1 fully saturated rings. The number of hydrogen-bond acceptors (Lipinski definition) is 5. The van der Waals surface area contributed by atoms with Gasteiger partial charge in [-0.05, 0) is 44.1 Å². The minimum absolute atomic E-state index is 0.0535. The number of sulfone groups is 1. The van der Waals surface area contributed by atoms with Crippen LogP contribution in [0.3, 0.4) is 0 Å². The first-order valence-electron chi connectivity index (χ1n) is 8.50. The summed E-state index contributed by atoms with van der Waals surface area (Å²) in [5.41, 5.74) is 1.07. The van der Waals surface area contributed by atoms with Crippen molar-refractivity contribution in [1.82, 2.24) is 9.21 Å². The average molecular weight is 389 g/mol. The van der Waals surface area contributed by atoms with E-state index >= 15 is 0 Å². The smallest absolute Gasteiger partial charge is 0.243 e. The summed E-state index contributed by atoms with van der Waals surface area (Å²) in [6.45, 7) is 4.92. The molecular formula is C17H28N2O4S2. The van der Waals surface area contributed by atoms with Crippen molar-refractivity contribution in [2.75, 3.05) is 38.7 Å². The van der Waals surface area contributed by atoms with Gasteiger partial charge in [-0.2, -0.15) is 4.31 Å². The van der Waals surface area contributed by atoms with E-state index in [9.17, 15) is 16.8 Å². The average Bonchev–Trinajstić information content (AvgIpc) is 2.86. The van der Waals surface area contributed by atoms with Crippen LogP contribution in [0.25, 0.3) is 0 Å². The Kier molecular flexibility index (Phi) is 6.30. The van der Waals surface area contributed by atoms with Crippen LogP contribution in [0.5, 0.6) is 0 Å². The normalized spacial score (nSPS) is 20.7. The minimum atomic E-state index is -3.73. The molecule has 1 atom stereocenters. The summed E-state index contributed by atoms with van der Waals surface area (Å²) >= 11 is 0. The molecule has 1 aliphatic rings. The number of sulfonamides is 1.